The van der Waals surface area contributed by atoms with Crippen molar-refractivity contribution in [2.45, 2.75) is 20.4 Å². The topological polar surface area (TPSA) is 38.3 Å². The first-order valence-electron chi connectivity index (χ1n) is 6.76. The maximum atomic E-state index is 11.8. The van der Waals surface area contributed by atoms with E-state index in [0.29, 0.717) is 6.54 Å². The number of aryl methyl sites for hydroxylation is 2. The van der Waals surface area contributed by atoms with Crippen LogP contribution in [0.5, 0.6) is 5.75 Å². The number of ether oxygens (including phenoxy) is 1. The average molecular weight is 348 g/mol. The van der Waals surface area contributed by atoms with Gasteiger partial charge in [-0.1, -0.05) is 46.3 Å². The lowest BCUT2D eigenvalue weighted by Crippen LogP contribution is -2.28. The largest absolute Gasteiger partial charge is 0.483 e. The highest BCUT2D eigenvalue weighted by molar-refractivity contribution is 9.10. The number of carbonyl (C=O) groups excluding carboxylic acids is 1. The maximum Gasteiger partial charge on any atom is 0.258 e. The molecule has 0 aliphatic rings. The molecule has 0 saturated carbocycles. The van der Waals surface area contributed by atoms with Crippen molar-refractivity contribution in [3.8, 4) is 5.75 Å². The highest BCUT2D eigenvalue weighted by atomic mass is 79.9. The summed E-state index contributed by atoms with van der Waals surface area (Å²) >= 11 is 3.48. The molecular formula is C17H18BrNO2. The molecule has 0 aliphatic carbocycles. The third-order valence-electron chi connectivity index (χ3n) is 3.15. The summed E-state index contributed by atoms with van der Waals surface area (Å²) in [6.07, 6.45) is 0. The molecule has 2 aromatic carbocycles. The molecule has 1 N–H and O–H groups in total. The Balaban J connectivity index is 1.85. The molecule has 0 radical (unpaired) electrons. The van der Waals surface area contributed by atoms with E-state index in [4.69, 9.17) is 4.74 Å². The molecule has 0 heterocycles. The van der Waals surface area contributed by atoms with Crippen LogP contribution in [0.1, 0.15) is 16.7 Å². The predicted octanol–water partition coefficient (Wildman–Crippen LogP) is 3.76. The van der Waals surface area contributed by atoms with E-state index in [2.05, 4.69) is 21.2 Å². The van der Waals surface area contributed by atoms with Gasteiger partial charge in [-0.05, 0) is 42.7 Å². The van der Waals surface area contributed by atoms with Crippen molar-refractivity contribution in [2.24, 2.45) is 0 Å². The Morgan fingerprint density at radius 1 is 1.14 bits per heavy atom. The number of hydrogen-bond donors (Lipinski definition) is 1. The van der Waals surface area contributed by atoms with Gasteiger partial charge in [-0.3, -0.25) is 4.79 Å². The molecule has 0 fully saturated rings. The van der Waals surface area contributed by atoms with Crippen molar-refractivity contribution < 1.29 is 9.53 Å². The summed E-state index contributed by atoms with van der Waals surface area (Å²) in [6, 6.07) is 13.7. The second kappa shape index (κ2) is 7.27. The van der Waals surface area contributed by atoms with E-state index < -0.39 is 0 Å². The lowest BCUT2D eigenvalue weighted by Gasteiger charge is -2.11. The Kier molecular flexibility index (Phi) is 5.39. The van der Waals surface area contributed by atoms with Crippen LogP contribution >= 0.6 is 15.9 Å². The van der Waals surface area contributed by atoms with Gasteiger partial charge < -0.3 is 10.1 Å². The number of amides is 1. The zero-order valence-electron chi connectivity index (χ0n) is 12.2. The van der Waals surface area contributed by atoms with Gasteiger partial charge in [0.25, 0.3) is 5.91 Å². The van der Waals surface area contributed by atoms with E-state index in [1.54, 1.807) is 0 Å². The van der Waals surface area contributed by atoms with Crippen LogP contribution in [-0.2, 0) is 11.3 Å². The minimum atomic E-state index is -0.126. The minimum Gasteiger partial charge on any atom is -0.483 e. The summed E-state index contributed by atoms with van der Waals surface area (Å²) in [4.78, 5) is 11.8. The number of benzene rings is 2. The molecule has 0 bridgehead atoms. The van der Waals surface area contributed by atoms with Gasteiger partial charge in [0, 0.05) is 11.0 Å². The first-order valence-corrected chi connectivity index (χ1v) is 7.55. The van der Waals surface area contributed by atoms with Gasteiger partial charge in [0.05, 0.1) is 0 Å². The molecule has 0 aromatic heterocycles. The summed E-state index contributed by atoms with van der Waals surface area (Å²) in [5, 5.41) is 2.84. The second-order valence-electron chi connectivity index (χ2n) is 4.92. The van der Waals surface area contributed by atoms with Crippen LogP contribution in [0.15, 0.2) is 46.9 Å². The molecule has 2 aromatic rings. The van der Waals surface area contributed by atoms with Gasteiger partial charge in [-0.2, -0.15) is 0 Å². The molecule has 2 rings (SSSR count). The molecule has 3 nitrogen and oxygen atoms in total. The number of rotatable bonds is 5. The van der Waals surface area contributed by atoms with Gasteiger partial charge in [-0.15, -0.1) is 0 Å². The molecule has 0 atom stereocenters. The smallest absolute Gasteiger partial charge is 0.258 e. The fourth-order valence-electron chi connectivity index (χ4n) is 1.90. The predicted molar refractivity (Wildman–Crippen MR) is 87.4 cm³/mol. The summed E-state index contributed by atoms with van der Waals surface area (Å²) in [7, 11) is 0. The standard InChI is InChI=1S/C17H18BrNO2/c1-12-9-16(13(2)8-15(12)18)21-11-17(20)19-10-14-6-4-3-5-7-14/h3-9H,10-11H2,1-2H3,(H,19,20). The Labute approximate surface area is 133 Å². The summed E-state index contributed by atoms with van der Waals surface area (Å²) in [5.41, 5.74) is 3.16. The number of halogens is 1. The van der Waals surface area contributed by atoms with Crippen molar-refractivity contribution >= 4 is 21.8 Å². The van der Waals surface area contributed by atoms with Crippen molar-refractivity contribution in [1.82, 2.24) is 5.32 Å². The fraction of sp³-hybridized carbons (Fsp3) is 0.235. The van der Waals surface area contributed by atoms with E-state index in [-0.39, 0.29) is 12.5 Å². The minimum absolute atomic E-state index is 0.0226. The molecule has 0 unspecified atom stereocenters. The van der Waals surface area contributed by atoms with Gasteiger partial charge in [0.15, 0.2) is 6.61 Å². The third-order valence-corrected chi connectivity index (χ3v) is 4.00. The quantitative estimate of drug-likeness (QED) is 0.894. The number of carbonyl (C=O) groups is 1. The first kappa shape index (κ1) is 15.6. The summed E-state index contributed by atoms with van der Waals surface area (Å²) in [6.45, 7) is 4.49. The van der Waals surface area contributed by atoms with Gasteiger partial charge >= 0.3 is 0 Å². The number of hydrogen-bond acceptors (Lipinski definition) is 2. The lowest BCUT2D eigenvalue weighted by molar-refractivity contribution is -0.123. The lowest BCUT2D eigenvalue weighted by atomic mass is 10.1. The fourth-order valence-corrected chi connectivity index (χ4v) is 2.36. The highest BCUT2D eigenvalue weighted by Crippen LogP contribution is 2.26. The first-order chi connectivity index (χ1) is 10.1. The van der Waals surface area contributed by atoms with Crippen molar-refractivity contribution in [3.05, 3.63) is 63.6 Å². The van der Waals surface area contributed by atoms with Gasteiger partial charge in [0.1, 0.15) is 5.75 Å². The normalized spacial score (nSPS) is 10.2. The van der Waals surface area contributed by atoms with Crippen LogP contribution in [-0.4, -0.2) is 12.5 Å². The van der Waals surface area contributed by atoms with Crippen LogP contribution < -0.4 is 10.1 Å². The van der Waals surface area contributed by atoms with E-state index >= 15 is 0 Å². The zero-order chi connectivity index (χ0) is 15.2. The molecule has 110 valence electrons. The molecule has 0 spiro atoms. The number of nitrogens with one attached hydrogen (secondary N) is 1. The van der Waals surface area contributed by atoms with Crippen molar-refractivity contribution in [3.63, 3.8) is 0 Å². The molecule has 1 amide bonds. The summed E-state index contributed by atoms with van der Waals surface area (Å²) < 4.78 is 6.63. The van der Waals surface area contributed by atoms with Crippen molar-refractivity contribution in [1.29, 1.82) is 0 Å². The third kappa shape index (κ3) is 4.60. The summed E-state index contributed by atoms with van der Waals surface area (Å²) in [5.74, 6) is 0.615. The molecule has 0 saturated heterocycles. The van der Waals surface area contributed by atoms with E-state index in [0.717, 1.165) is 26.9 Å². The van der Waals surface area contributed by atoms with Crippen LogP contribution in [0.4, 0.5) is 0 Å². The molecule has 4 heteroatoms. The Bertz CT molecular complexity index is 626. The molecule has 0 aliphatic heterocycles. The van der Waals surface area contributed by atoms with Gasteiger partial charge in [-0.25, -0.2) is 0 Å². The highest BCUT2D eigenvalue weighted by Gasteiger charge is 2.07. The Hall–Kier alpha value is -1.81. The monoisotopic (exact) mass is 347 g/mol. The molecule has 21 heavy (non-hydrogen) atoms. The van der Waals surface area contributed by atoms with Crippen LogP contribution in [0.3, 0.4) is 0 Å². The van der Waals surface area contributed by atoms with Crippen LogP contribution in [0.25, 0.3) is 0 Å². The second-order valence-corrected chi connectivity index (χ2v) is 5.77. The zero-order valence-corrected chi connectivity index (χ0v) is 13.7. The Morgan fingerprint density at radius 3 is 2.57 bits per heavy atom. The molecular weight excluding hydrogens is 330 g/mol. The van der Waals surface area contributed by atoms with Crippen LogP contribution in [0, 0.1) is 13.8 Å². The van der Waals surface area contributed by atoms with Crippen molar-refractivity contribution in [2.75, 3.05) is 6.61 Å². The van der Waals surface area contributed by atoms with Crippen LogP contribution in [0.2, 0.25) is 0 Å². The van der Waals surface area contributed by atoms with Gasteiger partial charge in [0.2, 0.25) is 0 Å². The maximum absolute atomic E-state index is 11.8. The van der Waals surface area contributed by atoms with E-state index in [9.17, 15) is 4.79 Å². The average Bonchev–Trinajstić information content (AvgIpc) is 2.48. The SMILES string of the molecule is Cc1cc(OCC(=O)NCc2ccccc2)c(C)cc1Br. The Morgan fingerprint density at radius 2 is 1.86 bits per heavy atom. The van der Waals surface area contributed by atoms with E-state index in [1.807, 2.05) is 56.3 Å². The van der Waals surface area contributed by atoms with E-state index in [1.165, 1.54) is 0 Å².